The molecule has 3 amide bonds. The number of urea groups is 1. The number of aryl methyl sites for hydroxylation is 1. The van der Waals surface area contributed by atoms with Crippen LogP contribution in [0.2, 0.25) is 0 Å². The van der Waals surface area contributed by atoms with Crippen LogP contribution in [0.25, 0.3) is 0 Å². The van der Waals surface area contributed by atoms with Gasteiger partial charge in [0.05, 0.1) is 13.7 Å². The molecular weight excluding hydrogens is 394 g/mol. The molecule has 0 heterocycles. The fraction of sp³-hybridized carbons (Fsp3) is 0.167. The van der Waals surface area contributed by atoms with Crippen molar-refractivity contribution in [2.75, 3.05) is 30.9 Å². The fourth-order valence-corrected chi connectivity index (χ4v) is 2.85. The first kappa shape index (κ1) is 21.7. The molecule has 0 aliphatic rings. The molecule has 0 saturated heterocycles. The second-order valence-corrected chi connectivity index (χ2v) is 6.73. The summed E-state index contributed by atoms with van der Waals surface area (Å²) in [4.78, 5) is 24.8. The highest BCUT2D eigenvalue weighted by Crippen LogP contribution is 2.25. The number of para-hydroxylation sites is 3. The summed E-state index contributed by atoms with van der Waals surface area (Å²) in [5.41, 5.74) is 2.56. The van der Waals surface area contributed by atoms with E-state index in [9.17, 15) is 9.59 Å². The van der Waals surface area contributed by atoms with Gasteiger partial charge >= 0.3 is 6.03 Å². The van der Waals surface area contributed by atoms with E-state index in [0.29, 0.717) is 35.0 Å². The number of methoxy groups -OCH3 is 1. The number of benzene rings is 3. The maximum atomic E-state index is 12.5. The van der Waals surface area contributed by atoms with E-state index in [1.54, 1.807) is 37.4 Å². The smallest absolute Gasteiger partial charge is 0.319 e. The zero-order valence-corrected chi connectivity index (χ0v) is 17.5. The lowest BCUT2D eigenvalue weighted by Gasteiger charge is -2.13. The number of hydrogen-bond donors (Lipinski definition) is 3. The van der Waals surface area contributed by atoms with E-state index in [-0.39, 0.29) is 18.5 Å². The molecule has 0 radical (unpaired) electrons. The van der Waals surface area contributed by atoms with Crippen LogP contribution in [0.15, 0.2) is 72.8 Å². The van der Waals surface area contributed by atoms with Crippen molar-refractivity contribution in [3.63, 3.8) is 0 Å². The molecule has 0 fully saturated rings. The Morgan fingerprint density at radius 2 is 1.58 bits per heavy atom. The quantitative estimate of drug-likeness (QED) is 0.471. The molecule has 7 heteroatoms. The third kappa shape index (κ3) is 6.24. The number of nitrogens with one attached hydrogen (secondary N) is 3. The van der Waals surface area contributed by atoms with Gasteiger partial charge in [-0.1, -0.05) is 36.4 Å². The highest BCUT2D eigenvalue weighted by Gasteiger charge is 2.11. The van der Waals surface area contributed by atoms with Gasteiger partial charge in [-0.15, -0.1) is 0 Å². The molecule has 0 unspecified atom stereocenters. The minimum absolute atomic E-state index is 0.250. The Balaban J connectivity index is 1.52. The molecule has 0 aliphatic heterocycles. The molecule has 0 saturated carbocycles. The molecule has 0 atom stereocenters. The lowest BCUT2D eigenvalue weighted by Crippen LogP contribution is -2.32. The van der Waals surface area contributed by atoms with Crippen molar-refractivity contribution in [3.8, 4) is 11.5 Å². The average Bonchev–Trinajstić information content (AvgIpc) is 2.79. The number of anilines is 2. The van der Waals surface area contributed by atoms with Crippen molar-refractivity contribution in [2.45, 2.75) is 6.92 Å². The monoisotopic (exact) mass is 419 g/mol. The maximum absolute atomic E-state index is 12.5. The van der Waals surface area contributed by atoms with E-state index in [2.05, 4.69) is 16.0 Å². The van der Waals surface area contributed by atoms with Gasteiger partial charge in [0.25, 0.3) is 5.91 Å². The van der Waals surface area contributed by atoms with E-state index in [0.717, 1.165) is 5.56 Å². The zero-order chi connectivity index (χ0) is 22.1. The molecule has 3 aromatic carbocycles. The van der Waals surface area contributed by atoms with Crippen molar-refractivity contribution in [2.24, 2.45) is 0 Å². The predicted molar refractivity (Wildman–Crippen MR) is 121 cm³/mol. The van der Waals surface area contributed by atoms with E-state index < -0.39 is 0 Å². The van der Waals surface area contributed by atoms with Crippen molar-refractivity contribution in [1.29, 1.82) is 0 Å². The predicted octanol–water partition coefficient (Wildman–Crippen LogP) is 4.46. The second kappa shape index (κ2) is 10.7. The van der Waals surface area contributed by atoms with Gasteiger partial charge in [0.1, 0.15) is 6.61 Å². The molecule has 0 spiro atoms. The zero-order valence-electron chi connectivity index (χ0n) is 17.5. The fourth-order valence-electron chi connectivity index (χ4n) is 2.85. The minimum atomic E-state index is -0.382. The molecular formula is C24H25N3O4. The minimum Gasteiger partial charge on any atom is -0.493 e. The molecule has 3 N–H and O–H groups in total. The summed E-state index contributed by atoms with van der Waals surface area (Å²) >= 11 is 0. The molecule has 160 valence electrons. The number of rotatable bonds is 8. The van der Waals surface area contributed by atoms with Gasteiger partial charge in [0, 0.05) is 16.9 Å². The van der Waals surface area contributed by atoms with Gasteiger partial charge in [-0.2, -0.15) is 0 Å². The van der Waals surface area contributed by atoms with Gasteiger partial charge in [0.2, 0.25) is 0 Å². The molecule has 31 heavy (non-hydrogen) atoms. The summed E-state index contributed by atoms with van der Waals surface area (Å²) in [7, 11) is 1.57. The van der Waals surface area contributed by atoms with Crippen LogP contribution in [0.1, 0.15) is 15.9 Å². The highest BCUT2D eigenvalue weighted by molar-refractivity contribution is 6.05. The highest BCUT2D eigenvalue weighted by atomic mass is 16.5. The van der Waals surface area contributed by atoms with Crippen molar-refractivity contribution in [3.05, 3.63) is 83.9 Å². The SMILES string of the molecule is COc1ccccc1OCCNC(=O)Nc1cc(C(=O)Nc2ccccc2)ccc1C. The summed E-state index contributed by atoms with van der Waals surface area (Å²) < 4.78 is 10.9. The Labute approximate surface area is 181 Å². The molecule has 3 aromatic rings. The van der Waals surface area contributed by atoms with Crippen LogP contribution >= 0.6 is 0 Å². The second-order valence-electron chi connectivity index (χ2n) is 6.73. The van der Waals surface area contributed by atoms with Crippen LogP contribution in [0, 0.1) is 6.92 Å². The standard InChI is InChI=1S/C24H25N3O4/c1-17-12-13-18(23(28)26-19-8-4-3-5-9-19)16-20(17)27-24(29)25-14-15-31-22-11-7-6-10-21(22)30-2/h3-13,16H,14-15H2,1-2H3,(H,26,28)(H2,25,27,29). The van der Waals surface area contributed by atoms with E-state index in [4.69, 9.17) is 9.47 Å². The van der Waals surface area contributed by atoms with Crippen molar-refractivity contribution in [1.82, 2.24) is 5.32 Å². The third-order valence-corrected chi connectivity index (χ3v) is 4.49. The summed E-state index contributed by atoms with van der Waals surface area (Å²) in [6.07, 6.45) is 0. The van der Waals surface area contributed by atoms with Crippen LogP contribution in [-0.4, -0.2) is 32.2 Å². The lowest BCUT2D eigenvalue weighted by molar-refractivity contribution is 0.102. The molecule has 0 aliphatic carbocycles. The Morgan fingerprint density at radius 1 is 0.871 bits per heavy atom. The summed E-state index contributed by atoms with van der Waals surface area (Å²) in [6.45, 7) is 2.45. The van der Waals surface area contributed by atoms with Crippen LogP contribution in [0.5, 0.6) is 11.5 Å². The molecule has 3 rings (SSSR count). The van der Waals surface area contributed by atoms with Gasteiger partial charge in [-0.25, -0.2) is 4.79 Å². The average molecular weight is 419 g/mol. The van der Waals surface area contributed by atoms with E-state index in [1.165, 1.54) is 0 Å². The van der Waals surface area contributed by atoms with Crippen LogP contribution in [0.3, 0.4) is 0 Å². The Kier molecular flexibility index (Phi) is 7.48. The summed E-state index contributed by atoms with van der Waals surface area (Å²) in [5, 5.41) is 8.35. The first-order valence-electron chi connectivity index (χ1n) is 9.84. The van der Waals surface area contributed by atoms with Crippen LogP contribution in [0.4, 0.5) is 16.2 Å². The van der Waals surface area contributed by atoms with E-state index >= 15 is 0 Å². The molecule has 7 nitrogen and oxygen atoms in total. The van der Waals surface area contributed by atoms with Gasteiger partial charge < -0.3 is 25.4 Å². The first-order chi connectivity index (χ1) is 15.1. The number of carbonyl (C=O) groups is 2. The van der Waals surface area contributed by atoms with Crippen molar-refractivity contribution < 1.29 is 19.1 Å². The van der Waals surface area contributed by atoms with E-state index in [1.807, 2.05) is 49.4 Å². The number of carbonyl (C=O) groups excluding carboxylic acids is 2. The topological polar surface area (TPSA) is 88.7 Å². The lowest BCUT2D eigenvalue weighted by atomic mass is 10.1. The van der Waals surface area contributed by atoms with Gasteiger partial charge in [0.15, 0.2) is 11.5 Å². The largest absolute Gasteiger partial charge is 0.493 e. The molecule has 0 bridgehead atoms. The van der Waals surface area contributed by atoms with Crippen molar-refractivity contribution >= 4 is 23.3 Å². The Hall–Kier alpha value is -4.00. The normalized spacial score (nSPS) is 10.1. The van der Waals surface area contributed by atoms with Gasteiger partial charge in [-0.3, -0.25) is 4.79 Å². The maximum Gasteiger partial charge on any atom is 0.319 e. The van der Waals surface area contributed by atoms with Crippen LogP contribution in [-0.2, 0) is 0 Å². The number of hydrogen-bond acceptors (Lipinski definition) is 4. The van der Waals surface area contributed by atoms with Gasteiger partial charge in [-0.05, 0) is 48.9 Å². The number of ether oxygens (including phenoxy) is 2. The summed E-state index contributed by atoms with van der Waals surface area (Å²) in [6, 6.07) is 21.3. The number of amides is 3. The first-order valence-corrected chi connectivity index (χ1v) is 9.84. The Bertz CT molecular complexity index is 1040. The third-order valence-electron chi connectivity index (χ3n) is 4.49. The van der Waals surface area contributed by atoms with Crippen LogP contribution < -0.4 is 25.4 Å². The summed E-state index contributed by atoms with van der Waals surface area (Å²) in [5.74, 6) is 0.994. The Morgan fingerprint density at radius 3 is 2.32 bits per heavy atom. The molecule has 0 aromatic heterocycles.